The molecule has 0 atom stereocenters. The van der Waals surface area contributed by atoms with Gasteiger partial charge >= 0.3 is 0 Å². The minimum absolute atomic E-state index is 0.524. The molecule has 8 nitrogen and oxygen atoms in total. The number of rotatable bonds is 8. The van der Waals surface area contributed by atoms with Crippen LogP contribution in [0.15, 0.2) is 218 Å². The fourth-order valence-electron chi connectivity index (χ4n) is 9.32. The second kappa shape index (κ2) is 16.2. The SMILES string of the molecule is c1ccc(Oc2c3nc(c(Oc4ccccc4)c4[nH]c(c(Oc5ccccc5)c5nc(c(Oc6ccccc6)c6[nH]c2c2ccccc62)-c2ccccc2-5)c2ccccc42)-c2ccccc2-3)cc1. The number of ether oxygens (including phenoxy) is 4. The van der Waals surface area contributed by atoms with Crippen molar-refractivity contribution >= 4 is 43.6 Å². The Kier molecular flexibility index (Phi) is 9.31. The van der Waals surface area contributed by atoms with Gasteiger partial charge < -0.3 is 28.9 Å². The van der Waals surface area contributed by atoms with E-state index in [1.54, 1.807) is 0 Å². The van der Waals surface area contributed by atoms with E-state index >= 15 is 0 Å². The van der Waals surface area contributed by atoms with Gasteiger partial charge in [0.15, 0.2) is 23.0 Å². The normalized spacial score (nSPS) is 11.5. The predicted molar refractivity (Wildman–Crippen MR) is 271 cm³/mol. The Labute approximate surface area is 390 Å². The summed E-state index contributed by atoms with van der Waals surface area (Å²) >= 11 is 0. The second-order valence-electron chi connectivity index (χ2n) is 16.5. The maximum atomic E-state index is 7.13. The first kappa shape index (κ1) is 39.0. The number of nitrogens with one attached hydrogen (secondary N) is 2. The molecular formula is C60H38N4O4. The minimum Gasteiger partial charge on any atom is -0.453 e. The highest BCUT2D eigenvalue weighted by Gasteiger charge is 2.31. The second-order valence-corrected chi connectivity index (χ2v) is 16.5. The standard InChI is InChI=1S/C60H38N4O4/c1-5-21-37(22-6-1)65-57-49-41-29-13-15-31-43(41)51(61-49)58(66-38-23-7-2-8-24-38)53-45-33-17-19-35-47(45)55(63-53)60(68-40-27-11-4-12-28-40)56-48-36-20-18-34-46(48)54(64-56)59(67-39-25-9-3-10-26-39)52-44-32-16-14-30-42(44)50(57)62-52/h1-36,61,64H. The van der Waals surface area contributed by atoms with Crippen molar-refractivity contribution in [3.05, 3.63) is 218 Å². The van der Waals surface area contributed by atoms with E-state index in [0.29, 0.717) is 90.8 Å². The highest BCUT2D eigenvalue weighted by atomic mass is 16.5. The minimum atomic E-state index is 0.524. The van der Waals surface area contributed by atoms with Crippen molar-refractivity contribution in [1.82, 2.24) is 19.9 Å². The highest BCUT2D eigenvalue weighted by Crippen LogP contribution is 2.53. The van der Waals surface area contributed by atoms with Crippen LogP contribution >= 0.6 is 0 Å². The van der Waals surface area contributed by atoms with Crippen molar-refractivity contribution in [1.29, 1.82) is 0 Å². The summed E-state index contributed by atoms with van der Waals surface area (Å²) in [6.45, 7) is 0. The van der Waals surface area contributed by atoms with E-state index in [-0.39, 0.29) is 0 Å². The smallest absolute Gasteiger partial charge is 0.177 e. The number of hydrogen-bond donors (Lipinski definition) is 2. The van der Waals surface area contributed by atoms with Gasteiger partial charge in [-0.15, -0.1) is 0 Å². The Hall–Kier alpha value is -9.40. The van der Waals surface area contributed by atoms with Crippen molar-refractivity contribution in [2.45, 2.75) is 0 Å². The molecule has 13 rings (SSSR count). The molecule has 0 saturated heterocycles. The molecule has 1 aliphatic carbocycles. The maximum Gasteiger partial charge on any atom is 0.177 e. The molecule has 10 aromatic rings. The zero-order valence-corrected chi connectivity index (χ0v) is 36.3. The van der Waals surface area contributed by atoms with E-state index in [4.69, 9.17) is 28.9 Å². The third-order valence-corrected chi connectivity index (χ3v) is 12.4. The summed E-state index contributed by atoms with van der Waals surface area (Å²) in [6.07, 6.45) is 0. The number of hydrogen-bond acceptors (Lipinski definition) is 6. The van der Waals surface area contributed by atoms with E-state index in [9.17, 15) is 0 Å². The molecule has 4 heterocycles. The first-order valence-corrected chi connectivity index (χ1v) is 22.5. The van der Waals surface area contributed by atoms with Crippen molar-refractivity contribution in [3.63, 3.8) is 0 Å². The van der Waals surface area contributed by atoms with Gasteiger partial charge in [-0.05, 0) is 48.5 Å². The van der Waals surface area contributed by atoms with Crippen molar-refractivity contribution in [2.75, 3.05) is 0 Å². The van der Waals surface area contributed by atoms with Crippen LogP contribution in [0.4, 0.5) is 0 Å². The average Bonchev–Trinajstić information content (AvgIpc) is 4.18. The molecule has 0 fully saturated rings. The molecule has 2 aromatic heterocycles. The first-order valence-electron chi connectivity index (χ1n) is 22.5. The number of nitrogens with zero attached hydrogens (tertiary/aromatic N) is 2. The molecule has 0 radical (unpaired) electrons. The summed E-state index contributed by atoms with van der Waals surface area (Å²) in [5, 5.41) is 3.61. The topological polar surface area (TPSA) is 94.3 Å². The molecule has 68 heavy (non-hydrogen) atoms. The van der Waals surface area contributed by atoms with Gasteiger partial charge in [0.05, 0.1) is 22.1 Å². The third kappa shape index (κ3) is 6.62. The van der Waals surface area contributed by atoms with E-state index in [2.05, 4.69) is 58.5 Å². The largest absolute Gasteiger partial charge is 0.453 e. The van der Waals surface area contributed by atoms with Crippen LogP contribution in [0, 0.1) is 0 Å². The lowest BCUT2D eigenvalue weighted by Gasteiger charge is -2.10. The van der Waals surface area contributed by atoms with Crippen LogP contribution in [0.3, 0.4) is 0 Å². The third-order valence-electron chi connectivity index (χ3n) is 12.4. The summed E-state index contributed by atoms with van der Waals surface area (Å²) in [4.78, 5) is 19.0. The Morgan fingerprint density at radius 1 is 0.235 bits per heavy atom. The van der Waals surface area contributed by atoms with Crippen LogP contribution in [0.5, 0.6) is 46.0 Å². The van der Waals surface area contributed by atoms with Crippen LogP contribution in [0.25, 0.3) is 88.6 Å². The average molecular weight is 879 g/mol. The maximum absolute atomic E-state index is 7.13. The molecule has 0 spiro atoms. The summed E-state index contributed by atoms with van der Waals surface area (Å²) < 4.78 is 28.5. The number of H-pyrrole nitrogens is 2. The van der Waals surface area contributed by atoms with Gasteiger partial charge in [0.25, 0.3) is 0 Å². The predicted octanol–water partition coefficient (Wildman–Crippen LogP) is 16.5. The fourth-order valence-corrected chi connectivity index (χ4v) is 9.32. The Bertz CT molecular complexity index is 3410. The number of benzene rings is 8. The molecule has 8 bridgehead atoms. The summed E-state index contributed by atoms with van der Waals surface area (Å²) in [6, 6.07) is 72.3. The molecule has 0 unspecified atom stereocenters. The van der Waals surface area contributed by atoms with Crippen LogP contribution in [0.1, 0.15) is 0 Å². The van der Waals surface area contributed by atoms with Gasteiger partial charge in [-0.25, -0.2) is 9.97 Å². The summed E-state index contributed by atoms with van der Waals surface area (Å²) in [5.74, 6) is 4.69. The zero-order valence-electron chi connectivity index (χ0n) is 36.3. The summed E-state index contributed by atoms with van der Waals surface area (Å²) in [7, 11) is 0. The Balaban J connectivity index is 1.30. The van der Waals surface area contributed by atoms with Crippen molar-refractivity contribution in [3.8, 4) is 91.0 Å². The highest BCUT2D eigenvalue weighted by molar-refractivity contribution is 6.16. The molecule has 8 aromatic carbocycles. The zero-order chi connectivity index (χ0) is 45.0. The lowest BCUT2D eigenvalue weighted by atomic mass is 10.0. The molecule has 2 N–H and O–H groups in total. The molecule has 0 saturated carbocycles. The quantitative estimate of drug-likeness (QED) is 0.158. The van der Waals surface area contributed by atoms with Gasteiger partial charge in [0.1, 0.15) is 45.8 Å². The Morgan fingerprint density at radius 2 is 0.441 bits per heavy atom. The summed E-state index contributed by atoms with van der Waals surface area (Å²) in [5.41, 5.74) is 8.85. The molecule has 0 amide bonds. The lowest BCUT2D eigenvalue weighted by Crippen LogP contribution is -1.91. The van der Waals surface area contributed by atoms with Crippen LogP contribution in [-0.4, -0.2) is 19.9 Å². The Morgan fingerprint density at radius 3 is 0.676 bits per heavy atom. The van der Waals surface area contributed by atoms with Gasteiger partial charge in [-0.1, -0.05) is 170 Å². The first-order chi connectivity index (χ1) is 33.7. The van der Waals surface area contributed by atoms with E-state index < -0.39 is 0 Å². The van der Waals surface area contributed by atoms with Gasteiger partial charge in [0, 0.05) is 43.8 Å². The number of aromatic nitrogens is 4. The van der Waals surface area contributed by atoms with Gasteiger partial charge in [0.2, 0.25) is 0 Å². The molecule has 2 aliphatic heterocycles. The van der Waals surface area contributed by atoms with E-state index in [0.717, 1.165) is 43.8 Å². The fraction of sp³-hybridized carbons (Fsp3) is 0. The molecule has 8 heteroatoms. The van der Waals surface area contributed by atoms with Crippen LogP contribution in [-0.2, 0) is 0 Å². The lowest BCUT2D eigenvalue weighted by molar-refractivity contribution is 0.484. The molecular weight excluding hydrogens is 841 g/mol. The van der Waals surface area contributed by atoms with E-state index in [1.165, 1.54) is 0 Å². The van der Waals surface area contributed by atoms with Crippen molar-refractivity contribution in [2.24, 2.45) is 0 Å². The van der Waals surface area contributed by atoms with Crippen LogP contribution < -0.4 is 18.9 Å². The number of aromatic amines is 2. The monoisotopic (exact) mass is 878 g/mol. The van der Waals surface area contributed by atoms with Gasteiger partial charge in [-0.3, -0.25) is 0 Å². The molecule has 322 valence electrons. The molecule has 3 aliphatic rings. The van der Waals surface area contributed by atoms with Crippen molar-refractivity contribution < 1.29 is 18.9 Å². The van der Waals surface area contributed by atoms with Gasteiger partial charge in [-0.2, -0.15) is 0 Å². The van der Waals surface area contributed by atoms with E-state index in [1.807, 2.05) is 170 Å². The number of para-hydroxylation sites is 4. The van der Waals surface area contributed by atoms with Crippen LogP contribution in [0.2, 0.25) is 0 Å².